The van der Waals surface area contributed by atoms with Crippen molar-refractivity contribution >= 4 is 40.2 Å². The van der Waals surface area contributed by atoms with Gasteiger partial charge in [-0.3, -0.25) is 9.69 Å². The van der Waals surface area contributed by atoms with E-state index >= 15 is 0 Å². The molecule has 0 saturated carbocycles. The van der Waals surface area contributed by atoms with E-state index in [-0.39, 0.29) is 5.91 Å². The van der Waals surface area contributed by atoms with Gasteiger partial charge in [-0.25, -0.2) is 0 Å². The van der Waals surface area contributed by atoms with Crippen LogP contribution >= 0.6 is 12.2 Å². The second kappa shape index (κ2) is 8.94. The van der Waals surface area contributed by atoms with Crippen molar-refractivity contribution in [2.45, 2.75) is 26.8 Å². The lowest BCUT2D eigenvalue weighted by Crippen LogP contribution is -2.30. The van der Waals surface area contributed by atoms with E-state index < -0.39 is 0 Å². The van der Waals surface area contributed by atoms with Gasteiger partial charge >= 0.3 is 0 Å². The molecule has 2 aromatic carbocycles. The molecule has 1 amide bonds. The first-order chi connectivity index (χ1) is 15.0. The van der Waals surface area contributed by atoms with Crippen molar-refractivity contribution in [3.05, 3.63) is 71.6 Å². The van der Waals surface area contributed by atoms with E-state index in [0.717, 1.165) is 40.7 Å². The summed E-state index contributed by atoms with van der Waals surface area (Å²) >= 11 is 5.42. The minimum absolute atomic E-state index is 0.0431. The Balaban J connectivity index is 1.55. The summed E-state index contributed by atoms with van der Waals surface area (Å²) < 4.78 is 8.19. The molecule has 0 spiro atoms. The van der Waals surface area contributed by atoms with Crippen molar-refractivity contribution < 1.29 is 9.53 Å². The van der Waals surface area contributed by atoms with Crippen molar-refractivity contribution in [3.63, 3.8) is 0 Å². The molecule has 1 saturated heterocycles. The van der Waals surface area contributed by atoms with Gasteiger partial charge in [-0.05, 0) is 56.3 Å². The van der Waals surface area contributed by atoms with E-state index in [2.05, 4.69) is 35.9 Å². The number of thiocarbonyl (C=S) groups is 1. The molecule has 1 fully saturated rings. The molecule has 5 nitrogen and oxygen atoms in total. The minimum Gasteiger partial charge on any atom is -0.493 e. The van der Waals surface area contributed by atoms with Crippen LogP contribution < -0.4 is 4.74 Å². The second-order valence-electron chi connectivity index (χ2n) is 7.68. The maximum Gasteiger partial charge on any atom is 0.276 e. The number of benzene rings is 2. The van der Waals surface area contributed by atoms with E-state index in [4.69, 9.17) is 17.0 Å². The van der Waals surface area contributed by atoms with E-state index in [9.17, 15) is 4.79 Å². The van der Waals surface area contributed by atoms with Crippen LogP contribution in [0, 0.1) is 6.92 Å². The number of carbonyl (C=O) groups is 1. The Kier molecular flexibility index (Phi) is 6.09. The van der Waals surface area contributed by atoms with Gasteiger partial charge in [-0.1, -0.05) is 36.4 Å². The Bertz CT molecular complexity index is 1160. The number of aromatic nitrogens is 1. The Morgan fingerprint density at radius 3 is 2.58 bits per heavy atom. The van der Waals surface area contributed by atoms with Gasteiger partial charge in [-0.2, -0.15) is 0 Å². The van der Waals surface area contributed by atoms with E-state index in [0.29, 0.717) is 24.0 Å². The van der Waals surface area contributed by atoms with E-state index in [1.54, 1.807) is 9.80 Å². The first kappa shape index (κ1) is 21.1. The molecular formula is C25H27N3O2S. The quantitative estimate of drug-likeness (QED) is 0.304. The number of aryl methyl sites for hydroxylation is 2. The summed E-state index contributed by atoms with van der Waals surface area (Å²) in [6, 6.07) is 16.3. The number of rotatable bonds is 7. The van der Waals surface area contributed by atoms with Crippen LogP contribution in [-0.4, -0.2) is 45.6 Å². The van der Waals surface area contributed by atoms with Gasteiger partial charge in [0.1, 0.15) is 11.4 Å². The molecule has 1 aliphatic rings. The summed E-state index contributed by atoms with van der Waals surface area (Å²) in [4.78, 5) is 16.2. The molecule has 6 heteroatoms. The molecule has 31 heavy (non-hydrogen) atoms. The first-order valence-corrected chi connectivity index (χ1v) is 11.0. The zero-order chi connectivity index (χ0) is 22.0. The maximum atomic E-state index is 12.8. The average molecular weight is 434 g/mol. The fourth-order valence-corrected chi connectivity index (χ4v) is 4.26. The number of carbonyl (C=O) groups excluding carboxylic acids is 1. The van der Waals surface area contributed by atoms with Crippen molar-refractivity contribution in [1.82, 2.24) is 14.4 Å². The summed E-state index contributed by atoms with van der Waals surface area (Å²) in [6.45, 7) is 6.04. The summed E-state index contributed by atoms with van der Waals surface area (Å²) in [5.74, 6) is 0.892. The first-order valence-electron chi connectivity index (χ1n) is 10.6. The molecule has 0 N–H and O–H groups in total. The average Bonchev–Trinajstić information content (AvgIpc) is 3.22. The maximum absolute atomic E-state index is 12.8. The highest BCUT2D eigenvalue weighted by Gasteiger charge is 2.34. The van der Waals surface area contributed by atoms with Crippen molar-refractivity contribution in [2.24, 2.45) is 0 Å². The predicted octanol–water partition coefficient (Wildman–Crippen LogP) is 4.84. The van der Waals surface area contributed by atoms with Crippen molar-refractivity contribution in [3.8, 4) is 5.75 Å². The summed E-state index contributed by atoms with van der Waals surface area (Å²) in [5, 5.41) is 1.67. The molecule has 0 unspecified atom stereocenters. The van der Waals surface area contributed by atoms with Crippen LogP contribution in [0.1, 0.15) is 24.5 Å². The van der Waals surface area contributed by atoms with Crippen LogP contribution in [0.3, 0.4) is 0 Å². The number of nitrogens with zero attached hydrogens (tertiary/aromatic N) is 3. The summed E-state index contributed by atoms with van der Waals surface area (Å²) in [5.41, 5.74) is 3.92. The van der Waals surface area contributed by atoms with Crippen LogP contribution in [-0.2, 0) is 11.3 Å². The van der Waals surface area contributed by atoms with Crippen LogP contribution in [0.25, 0.3) is 17.0 Å². The molecule has 0 bridgehead atoms. The SMILES string of the molecule is CCN1C(=O)/C(=C/c2cn(CCCOc3ccccc3C)c3ccccc23)N(C)C1=S. The number of hydrogen-bond donors (Lipinski definition) is 0. The largest absolute Gasteiger partial charge is 0.493 e. The molecule has 0 atom stereocenters. The van der Waals surface area contributed by atoms with Crippen molar-refractivity contribution in [1.29, 1.82) is 0 Å². The molecule has 160 valence electrons. The highest BCUT2D eigenvalue weighted by Crippen LogP contribution is 2.27. The fourth-order valence-electron chi connectivity index (χ4n) is 3.95. The number of ether oxygens (including phenoxy) is 1. The van der Waals surface area contributed by atoms with Gasteiger partial charge in [0.15, 0.2) is 5.11 Å². The molecule has 1 aliphatic heterocycles. The standard InChI is InChI=1S/C25H27N3O2S/c1-4-28-24(29)22(26(3)25(28)31)16-19-17-27(21-12-7-6-11-20(19)21)14-9-15-30-23-13-8-5-10-18(23)2/h5-8,10-13,16-17H,4,9,14-15H2,1-3H3/b22-16-. The molecule has 4 rings (SSSR count). The molecule has 1 aromatic heterocycles. The van der Waals surface area contributed by atoms with E-state index in [1.807, 2.05) is 50.4 Å². The van der Waals surface area contributed by atoms with Gasteiger partial charge in [0.05, 0.1) is 6.61 Å². The fraction of sp³-hybridized carbons (Fsp3) is 0.280. The number of fused-ring (bicyclic) bond motifs is 1. The molecule has 2 heterocycles. The summed E-state index contributed by atoms with van der Waals surface area (Å²) in [6.07, 6.45) is 4.95. The third-order valence-corrected chi connectivity index (χ3v) is 6.16. The minimum atomic E-state index is -0.0431. The third-order valence-electron chi connectivity index (χ3n) is 5.67. The van der Waals surface area contributed by atoms with Crippen LogP contribution in [0.15, 0.2) is 60.4 Å². The Morgan fingerprint density at radius 1 is 1.10 bits per heavy atom. The zero-order valence-corrected chi connectivity index (χ0v) is 19.0. The Hall–Kier alpha value is -3.12. The van der Waals surface area contributed by atoms with Crippen molar-refractivity contribution in [2.75, 3.05) is 20.2 Å². The summed E-state index contributed by atoms with van der Waals surface area (Å²) in [7, 11) is 1.85. The zero-order valence-electron chi connectivity index (χ0n) is 18.2. The lowest BCUT2D eigenvalue weighted by molar-refractivity contribution is -0.122. The second-order valence-corrected chi connectivity index (χ2v) is 8.05. The number of likely N-dealkylation sites (N-methyl/N-ethyl adjacent to an activating group) is 2. The monoisotopic (exact) mass is 433 g/mol. The molecule has 0 aliphatic carbocycles. The number of hydrogen-bond acceptors (Lipinski definition) is 3. The smallest absolute Gasteiger partial charge is 0.276 e. The lowest BCUT2D eigenvalue weighted by atomic mass is 10.1. The third kappa shape index (κ3) is 4.08. The highest BCUT2D eigenvalue weighted by molar-refractivity contribution is 7.80. The van der Waals surface area contributed by atoms with Gasteiger partial charge in [0, 0.05) is 42.8 Å². The van der Waals surface area contributed by atoms with Gasteiger partial charge in [0.2, 0.25) is 0 Å². The lowest BCUT2D eigenvalue weighted by Gasteiger charge is -2.13. The topological polar surface area (TPSA) is 37.7 Å². The number of amides is 1. The van der Waals surface area contributed by atoms with Gasteiger partial charge < -0.3 is 14.2 Å². The van der Waals surface area contributed by atoms with Crippen LogP contribution in [0.5, 0.6) is 5.75 Å². The molecule has 3 aromatic rings. The Labute approximate surface area is 188 Å². The predicted molar refractivity (Wildman–Crippen MR) is 129 cm³/mol. The molecule has 0 radical (unpaired) electrons. The number of para-hydroxylation sites is 2. The normalized spacial score (nSPS) is 15.5. The van der Waals surface area contributed by atoms with E-state index in [1.165, 1.54) is 0 Å². The van der Waals surface area contributed by atoms with Gasteiger partial charge in [0.25, 0.3) is 5.91 Å². The Morgan fingerprint density at radius 2 is 1.84 bits per heavy atom. The van der Waals surface area contributed by atoms with Crippen LogP contribution in [0.2, 0.25) is 0 Å². The highest BCUT2D eigenvalue weighted by atomic mass is 32.1. The van der Waals surface area contributed by atoms with Crippen LogP contribution in [0.4, 0.5) is 0 Å². The molecular weight excluding hydrogens is 406 g/mol. The van der Waals surface area contributed by atoms with Gasteiger partial charge in [-0.15, -0.1) is 0 Å².